The van der Waals surface area contributed by atoms with Gasteiger partial charge >= 0.3 is 0 Å². The summed E-state index contributed by atoms with van der Waals surface area (Å²) in [5.74, 6) is -0.0888. The number of unbranched alkanes of at least 4 members (excludes halogenated alkanes) is 15. The van der Waals surface area contributed by atoms with Crippen LogP contribution in [0.4, 0.5) is 0 Å². The van der Waals surface area contributed by atoms with E-state index in [1.807, 2.05) is 6.08 Å². The molecule has 0 aliphatic carbocycles. The van der Waals surface area contributed by atoms with Crippen LogP contribution in [0.3, 0.4) is 0 Å². The summed E-state index contributed by atoms with van der Waals surface area (Å²) >= 11 is 0. The Morgan fingerprint density at radius 1 is 0.521 bits per heavy atom. The van der Waals surface area contributed by atoms with Crippen molar-refractivity contribution in [1.29, 1.82) is 0 Å². The van der Waals surface area contributed by atoms with Crippen LogP contribution in [0.25, 0.3) is 0 Å². The fraction of sp³-hybridized carbons (Fsp3) is 0.659. The highest BCUT2D eigenvalue weighted by atomic mass is 16.3. The molecule has 0 aromatic rings. The van der Waals surface area contributed by atoms with Crippen molar-refractivity contribution < 1.29 is 15.0 Å². The standard InChI is InChI=1S/C44H75NO3/c1-3-5-7-9-11-13-15-17-18-19-20-21-22-23-24-25-26-28-30-32-34-36-38-40-44(48)45-42(41-46)43(47)39-37-35-33-31-29-27-16-14-12-10-8-6-4-2/h5,7,11-14,17-18,20-21,29,31,37,39,42-43,46-47H,3-4,6,8-10,15-16,19,22-28,30,32-36,38,40-41H2,1-2H3,(H,45,48)/b7-5-,13-11-,14-12+,18-17-,21-20-,31-29+,39-37+. The third-order valence-corrected chi connectivity index (χ3v) is 8.34. The molecule has 2 atom stereocenters. The number of carbonyl (C=O) groups excluding carboxylic acids is 1. The molecule has 0 heterocycles. The van der Waals surface area contributed by atoms with E-state index in [0.717, 1.165) is 70.6 Å². The average Bonchev–Trinajstić information content (AvgIpc) is 3.09. The molecule has 0 spiro atoms. The summed E-state index contributed by atoms with van der Waals surface area (Å²) in [6, 6.07) is -0.651. The molecule has 0 saturated carbocycles. The minimum atomic E-state index is -0.875. The van der Waals surface area contributed by atoms with Crippen LogP contribution in [0.2, 0.25) is 0 Å². The Morgan fingerprint density at radius 3 is 1.46 bits per heavy atom. The first-order chi connectivity index (χ1) is 23.7. The van der Waals surface area contributed by atoms with Gasteiger partial charge in [0.2, 0.25) is 5.91 Å². The van der Waals surface area contributed by atoms with Gasteiger partial charge in [-0.2, -0.15) is 0 Å². The second kappa shape index (κ2) is 39.0. The van der Waals surface area contributed by atoms with E-state index in [-0.39, 0.29) is 12.5 Å². The smallest absolute Gasteiger partial charge is 0.220 e. The molecule has 0 aromatic carbocycles. The van der Waals surface area contributed by atoms with Crippen LogP contribution in [0.5, 0.6) is 0 Å². The Labute approximate surface area is 297 Å². The molecule has 274 valence electrons. The molecular formula is C44H75NO3. The summed E-state index contributed by atoms with van der Waals surface area (Å²) in [6.07, 6.45) is 56.7. The third kappa shape index (κ3) is 34.9. The lowest BCUT2D eigenvalue weighted by molar-refractivity contribution is -0.123. The molecule has 4 heteroatoms. The molecule has 0 radical (unpaired) electrons. The number of carbonyl (C=O) groups is 1. The molecule has 0 fully saturated rings. The molecule has 48 heavy (non-hydrogen) atoms. The third-order valence-electron chi connectivity index (χ3n) is 8.34. The summed E-state index contributed by atoms with van der Waals surface area (Å²) in [5.41, 5.74) is 0. The first kappa shape index (κ1) is 45.6. The zero-order chi connectivity index (χ0) is 35.0. The van der Waals surface area contributed by atoms with Crippen LogP contribution in [-0.4, -0.2) is 34.9 Å². The van der Waals surface area contributed by atoms with E-state index in [2.05, 4.69) is 92.1 Å². The predicted octanol–water partition coefficient (Wildman–Crippen LogP) is 12.1. The SMILES string of the molecule is CC/C=C\C/C=C\C/C=C\C/C=C\CCCCCCCCCCCCC(=O)NC(CO)C(O)/C=C/CC/C=C/CC/C=C/CCCCC. The van der Waals surface area contributed by atoms with Crippen molar-refractivity contribution in [2.75, 3.05) is 6.61 Å². The number of aliphatic hydroxyl groups is 2. The van der Waals surface area contributed by atoms with Crippen LogP contribution < -0.4 is 5.32 Å². The minimum absolute atomic E-state index is 0.0888. The van der Waals surface area contributed by atoms with Crippen LogP contribution >= 0.6 is 0 Å². The van der Waals surface area contributed by atoms with E-state index in [9.17, 15) is 15.0 Å². The highest BCUT2D eigenvalue weighted by molar-refractivity contribution is 5.76. The summed E-state index contributed by atoms with van der Waals surface area (Å²) in [4.78, 5) is 12.3. The van der Waals surface area contributed by atoms with Gasteiger partial charge in [0.05, 0.1) is 18.8 Å². The molecule has 1 amide bonds. The van der Waals surface area contributed by atoms with Crippen molar-refractivity contribution in [2.45, 2.75) is 180 Å². The van der Waals surface area contributed by atoms with Crippen molar-refractivity contribution in [1.82, 2.24) is 5.32 Å². The number of aliphatic hydroxyl groups excluding tert-OH is 2. The number of hydrogen-bond acceptors (Lipinski definition) is 3. The molecular weight excluding hydrogens is 590 g/mol. The van der Waals surface area contributed by atoms with E-state index >= 15 is 0 Å². The van der Waals surface area contributed by atoms with E-state index in [0.29, 0.717) is 6.42 Å². The van der Waals surface area contributed by atoms with E-state index in [4.69, 9.17) is 0 Å². The maximum Gasteiger partial charge on any atom is 0.220 e. The monoisotopic (exact) mass is 666 g/mol. The molecule has 0 bridgehead atoms. The van der Waals surface area contributed by atoms with Gasteiger partial charge in [-0.15, -0.1) is 0 Å². The Kier molecular flexibility index (Phi) is 37.0. The van der Waals surface area contributed by atoms with Crippen LogP contribution in [0.15, 0.2) is 85.1 Å². The maximum atomic E-state index is 12.3. The van der Waals surface area contributed by atoms with Gasteiger partial charge < -0.3 is 15.5 Å². The van der Waals surface area contributed by atoms with Crippen molar-refractivity contribution in [3.05, 3.63) is 85.1 Å². The summed E-state index contributed by atoms with van der Waals surface area (Å²) in [5, 5.41) is 22.9. The quantitative estimate of drug-likeness (QED) is 0.0473. The zero-order valence-corrected chi connectivity index (χ0v) is 31.2. The lowest BCUT2D eigenvalue weighted by Gasteiger charge is -2.19. The molecule has 0 aliphatic heterocycles. The summed E-state index contributed by atoms with van der Waals surface area (Å²) < 4.78 is 0. The Bertz CT molecular complexity index is 895. The fourth-order valence-corrected chi connectivity index (χ4v) is 5.32. The van der Waals surface area contributed by atoms with Crippen molar-refractivity contribution in [3.8, 4) is 0 Å². The molecule has 0 saturated heterocycles. The summed E-state index contributed by atoms with van der Waals surface area (Å²) in [6.45, 7) is 4.13. The highest BCUT2D eigenvalue weighted by Gasteiger charge is 2.17. The van der Waals surface area contributed by atoms with Gasteiger partial charge in [-0.05, 0) is 83.5 Å². The largest absolute Gasteiger partial charge is 0.394 e. The minimum Gasteiger partial charge on any atom is -0.394 e. The predicted molar refractivity (Wildman–Crippen MR) is 211 cm³/mol. The van der Waals surface area contributed by atoms with E-state index < -0.39 is 12.1 Å². The molecule has 0 aliphatic rings. The first-order valence-electron chi connectivity index (χ1n) is 19.8. The van der Waals surface area contributed by atoms with E-state index in [1.165, 1.54) is 77.0 Å². The van der Waals surface area contributed by atoms with Gasteiger partial charge in [0.1, 0.15) is 0 Å². The molecule has 4 nitrogen and oxygen atoms in total. The van der Waals surface area contributed by atoms with Gasteiger partial charge in [-0.1, -0.05) is 163 Å². The van der Waals surface area contributed by atoms with Crippen LogP contribution in [0, 0.1) is 0 Å². The van der Waals surface area contributed by atoms with Crippen LogP contribution in [0.1, 0.15) is 168 Å². The Morgan fingerprint density at radius 2 is 0.938 bits per heavy atom. The van der Waals surface area contributed by atoms with Gasteiger partial charge in [0.15, 0.2) is 0 Å². The van der Waals surface area contributed by atoms with E-state index in [1.54, 1.807) is 6.08 Å². The van der Waals surface area contributed by atoms with Crippen molar-refractivity contribution in [2.24, 2.45) is 0 Å². The number of allylic oxidation sites excluding steroid dienone is 13. The Hall–Kier alpha value is -2.43. The molecule has 0 rings (SSSR count). The number of nitrogens with one attached hydrogen (secondary N) is 1. The lowest BCUT2D eigenvalue weighted by Crippen LogP contribution is -2.45. The molecule has 0 aromatic heterocycles. The topological polar surface area (TPSA) is 69.6 Å². The normalized spacial score (nSPS) is 14.0. The summed E-state index contributed by atoms with van der Waals surface area (Å²) in [7, 11) is 0. The van der Waals surface area contributed by atoms with Crippen molar-refractivity contribution >= 4 is 5.91 Å². The zero-order valence-electron chi connectivity index (χ0n) is 31.2. The van der Waals surface area contributed by atoms with Gasteiger partial charge in [-0.3, -0.25) is 4.79 Å². The van der Waals surface area contributed by atoms with Crippen LogP contribution in [-0.2, 0) is 4.79 Å². The maximum absolute atomic E-state index is 12.3. The molecule has 3 N–H and O–H groups in total. The average molecular weight is 666 g/mol. The Balaban J connectivity index is 3.67. The second-order valence-electron chi connectivity index (χ2n) is 12.9. The second-order valence-corrected chi connectivity index (χ2v) is 12.9. The van der Waals surface area contributed by atoms with Gasteiger partial charge in [0, 0.05) is 6.42 Å². The highest BCUT2D eigenvalue weighted by Crippen LogP contribution is 2.13. The number of rotatable bonds is 34. The molecule has 2 unspecified atom stereocenters. The van der Waals surface area contributed by atoms with Gasteiger partial charge in [0.25, 0.3) is 0 Å². The number of amides is 1. The number of hydrogen-bond donors (Lipinski definition) is 3. The van der Waals surface area contributed by atoms with Crippen molar-refractivity contribution in [3.63, 3.8) is 0 Å². The lowest BCUT2D eigenvalue weighted by atomic mass is 10.0. The first-order valence-corrected chi connectivity index (χ1v) is 19.8. The van der Waals surface area contributed by atoms with Gasteiger partial charge in [-0.25, -0.2) is 0 Å². The fourth-order valence-electron chi connectivity index (χ4n) is 5.32.